The van der Waals surface area contributed by atoms with Crippen molar-refractivity contribution in [3.8, 4) is 0 Å². The average molecular weight is 308 g/mol. The molecule has 1 N–H and O–H groups in total. The Bertz CT molecular complexity index is 388. The summed E-state index contributed by atoms with van der Waals surface area (Å²) in [4.78, 5) is 26.6. The van der Waals surface area contributed by atoms with Gasteiger partial charge in [0.25, 0.3) is 0 Å². The first-order valence-corrected chi connectivity index (χ1v) is 7.77. The molecule has 1 heterocycles. The van der Waals surface area contributed by atoms with Gasteiger partial charge in [-0.3, -0.25) is 10.1 Å². The first-order valence-electron chi connectivity index (χ1n) is 6.61. The Kier molecular flexibility index (Phi) is 9.06. The average Bonchev–Trinajstić information content (AvgIpc) is 2.30. The number of nitrogens with zero attached hydrogens (tertiary/aromatic N) is 1. The molecule has 0 saturated heterocycles. The number of thioether (sulfide) groups is 1. The summed E-state index contributed by atoms with van der Waals surface area (Å²) in [6.45, 7) is 6.00. The van der Waals surface area contributed by atoms with Crippen molar-refractivity contribution in [3.05, 3.63) is 0 Å². The second kappa shape index (κ2) is 9.07. The second-order valence-corrected chi connectivity index (χ2v) is 6.37. The number of aliphatic imine (C=N–C) groups is 1. The summed E-state index contributed by atoms with van der Waals surface area (Å²) >= 11 is 1.58. The summed E-state index contributed by atoms with van der Waals surface area (Å²) < 4.78 is 0. The van der Waals surface area contributed by atoms with Crippen LogP contribution in [0.5, 0.6) is 0 Å². The molecule has 1 rings (SSSR count). The Labute approximate surface area is 146 Å². The van der Waals surface area contributed by atoms with E-state index in [1.54, 1.807) is 11.8 Å². The van der Waals surface area contributed by atoms with E-state index in [1.165, 1.54) is 0 Å². The number of hydrogen-bond donors (Lipinski definition) is 1. The van der Waals surface area contributed by atoms with Gasteiger partial charge in [0, 0.05) is 5.75 Å². The van der Waals surface area contributed by atoms with Gasteiger partial charge in [-0.25, -0.2) is 9.79 Å². The molecule has 108 valence electrons. The normalized spacial score (nSPS) is 22.3. The van der Waals surface area contributed by atoms with E-state index in [0.29, 0.717) is 12.2 Å². The molecule has 1 atom stereocenters. The molecule has 5 nitrogen and oxygen atoms in total. The van der Waals surface area contributed by atoms with Gasteiger partial charge in [0.2, 0.25) is 5.91 Å². The van der Waals surface area contributed by atoms with Gasteiger partial charge in [-0.15, -0.1) is 0 Å². The van der Waals surface area contributed by atoms with Crippen LogP contribution >= 0.6 is 11.8 Å². The number of unbranched alkanes of at least 4 members (excludes halogenated alkanes) is 1. The van der Waals surface area contributed by atoms with Crippen LogP contribution in [0, 0.1) is 11.3 Å². The van der Waals surface area contributed by atoms with Crippen LogP contribution in [0.25, 0.3) is 0 Å². The Morgan fingerprint density at radius 2 is 2.05 bits per heavy atom. The van der Waals surface area contributed by atoms with Crippen molar-refractivity contribution in [3.63, 3.8) is 0 Å². The molecule has 20 heavy (non-hydrogen) atoms. The molecule has 0 saturated carbocycles. The standard InChI is InChI=1S/C13H22N2O3S.Na/c1-4-5-6-19-8-13(7-9(2)3)10(16)14-12(18)15-11(13)17;/h9H,4-8H2,1-3H3,(H2,14,15,16,17,18);/q;+1/p-1. The maximum atomic E-state index is 12.1. The van der Waals surface area contributed by atoms with E-state index >= 15 is 0 Å². The summed E-state index contributed by atoms with van der Waals surface area (Å²) in [5, 5.41) is 14.2. The van der Waals surface area contributed by atoms with Gasteiger partial charge in [-0.2, -0.15) is 11.8 Å². The molecule has 0 aromatic rings. The predicted octanol–water partition coefficient (Wildman–Crippen LogP) is -1.44. The van der Waals surface area contributed by atoms with E-state index < -0.39 is 23.3 Å². The molecule has 0 aromatic carbocycles. The van der Waals surface area contributed by atoms with Crippen molar-refractivity contribution in [2.75, 3.05) is 11.5 Å². The number of amides is 3. The quantitative estimate of drug-likeness (QED) is 0.461. The molecule has 0 spiro atoms. The van der Waals surface area contributed by atoms with E-state index in [4.69, 9.17) is 0 Å². The number of hydrogen-bond acceptors (Lipinski definition) is 4. The van der Waals surface area contributed by atoms with Crippen molar-refractivity contribution in [1.29, 1.82) is 0 Å². The third kappa shape index (κ3) is 5.06. The minimum atomic E-state index is -1.17. The summed E-state index contributed by atoms with van der Waals surface area (Å²) in [6, 6.07) is -0.840. The third-order valence-electron chi connectivity index (χ3n) is 3.01. The third-order valence-corrected chi connectivity index (χ3v) is 4.29. The minimum absolute atomic E-state index is 0. The fourth-order valence-corrected chi connectivity index (χ4v) is 3.46. The van der Waals surface area contributed by atoms with Crippen molar-refractivity contribution in [1.82, 2.24) is 5.32 Å². The largest absolute Gasteiger partial charge is 1.00 e. The van der Waals surface area contributed by atoms with Crippen LogP contribution in [-0.4, -0.2) is 29.3 Å². The summed E-state index contributed by atoms with van der Waals surface area (Å²) in [5.41, 5.74) is -1.17. The fraction of sp³-hybridized carbons (Fsp3) is 0.769. The zero-order chi connectivity index (χ0) is 14.5. The van der Waals surface area contributed by atoms with Crippen LogP contribution in [0.2, 0.25) is 0 Å². The molecular weight excluding hydrogens is 287 g/mol. The Balaban J connectivity index is 0.00000361. The monoisotopic (exact) mass is 308 g/mol. The van der Waals surface area contributed by atoms with Crippen molar-refractivity contribution >= 4 is 29.6 Å². The molecule has 7 heteroatoms. The van der Waals surface area contributed by atoms with Crippen LogP contribution in [0.4, 0.5) is 4.79 Å². The predicted molar refractivity (Wildman–Crippen MR) is 75.1 cm³/mol. The SMILES string of the molecule is CCCCSCC1(CC(C)C)C(=O)NC(=O)N=C1[O-].[Na+]. The topological polar surface area (TPSA) is 81.6 Å². The first-order chi connectivity index (χ1) is 8.92. The molecule has 1 aliphatic rings. The van der Waals surface area contributed by atoms with E-state index in [2.05, 4.69) is 17.2 Å². The van der Waals surface area contributed by atoms with Crippen molar-refractivity contribution in [2.24, 2.45) is 16.3 Å². The van der Waals surface area contributed by atoms with Gasteiger partial charge in [0.15, 0.2) is 0 Å². The van der Waals surface area contributed by atoms with Gasteiger partial charge >= 0.3 is 35.6 Å². The molecule has 0 radical (unpaired) electrons. The molecule has 1 unspecified atom stereocenters. The van der Waals surface area contributed by atoms with E-state index in [-0.39, 0.29) is 35.5 Å². The minimum Gasteiger partial charge on any atom is -0.861 e. The molecular formula is C13H21N2NaO3S. The number of imide groups is 1. The number of urea groups is 1. The number of rotatable bonds is 7. The summed E-state index contributed by atoms with van der Waals surface area (Å²) in [6.07, 6.45) is 2.55. The smallest absolute Gasteiger partial charge is 0.861 e. The van der Waals surface area contributed by atoms with E-state index in [9.17, 15) is 14.7 Å². The van der Waals surface area contributed by atoms with Gasteiger partial charge in [-0.1, -0.05) is 27.2 Å². The van der Waals surface area contributed by atoms with Crippen molar-refractivity contribution < 1.29 is 44.3 Å². The number of carbonyl (C=O) groups is 2. The van der Waals surface area contributed by atoms with Gasteiger partial charge in [0.1, 0.15) is 0 Å². The summed E-state index contributed by atoms with van der Waals surface area (Å²) in [5.74, 6) is 0.413. The molecule has 0 fully saturated rings. The van der Waals surface area contributed by atoms with Crippen LogP contribution in [0.15, 0.2) is 4.99 Å². The first kappa shape index (κ1) is 20.0. The molecule has 0 aliphatic carbocycles. The van der Waals surface area contributed by atoms with Crippen LogP contribution in [0.3, 0.4) is 0 Å². The zero-order valence-electron chi connectivity index (χ0n) is 12.7. The van der Waals surface area contributed by atoms with Crippen molar-refractivity contribution in [2.45, 2.75) is 40.0 Å². The maximum Gasteiger partial charge on any atom is 1.00 e. The molecule has 3 amide bonds. The van der Waals surface area contributed by atoms with Crippen LogP contribution in [0.1, 0.15) is 40.0 Å². The molecule has 0 aromatic heterocycles. The van der Waals surface area contributed by atoms with Crippen LogP contribution < -0.4 is 40.0 Å². The Morgan fingerprint density at radius 1 is 1.40 bits per heavy atom. The number of nitrogens with one attached hydrogen (secondary N) is 1. The Hall–Kier alpha value is -0.0400. The van der Waals surface area contributed by atoms with Gasteiger partial charge in [0.05, 0.1) is 5.41 Å². The molecule has 0 bridgehead atoms. The van der Waals surface area contributed by atoms with Gasteiger partial charge < -0.3 is 5.11 Å². The molecule has 1 aliphatic heterocycles. The van der Waals surface area contributed by atoms with E-state index in [1.807, 2.05) is 13.8 Å². The Morgan fingerprint density at radius 3 is 2.55 bits per heavy atom. The second-order valence-electron chi connectivity index (χ2n) is 5.26. The zero-order valence-corrected chi connectivity index (χ0v) is 15.5. The van der Waals surface area contributed by atoms with Gasteiger partial charge in [-0.05, 0) is 30.4 Å². The number of carbonyl (C=O) groups excluding carboxylic acids is 2. The summed E-state index contributed by atoms with van der Waals surface area (Å²) in [7, 11) is 0. The van der Waals surface area contributed by atoms with Crippen LogP contribution in [-0.2, 0) is 4.79 Å². The van der Waals surface area contributed by atoms with E-state index in [0.717, 1.165) is 18.6 Å². The maximum absolute atomic E-state index is 12.1. The fourth-order valence-electron chi connectivity index (χ4n) is 2.10.